The zero-order chi connectivity index (χ0) is 14.3. The molecule has 1 rings (SSSR count). The predicted octanol–water partition coefficient (Wildman–Crippen LogP) is 2.43. The third-order valence-corrected chi connectivity index (χ3v) is 3.39. The zero-order valence-corrected chi connectivity index (χ0v) is 12.2. The number of hydrogen-bond donors (Lipinski definition) is 1. The predicted molar refractivity (Wildman–Crippen MR) is 78.7 cm³/mol. The fraction of sp³-hybridized carbons (Fsp3) is 0.533. The highest BCUT2D eigenvalue weighted by atomic mass is 16.2. The van der Waals surface area contributed by atoms with E-state index in [9.17, 15) is 4.79 Å². The van der Waals surface area contributed by atoms with Gasteiger partial charge in [-0.1, -0.05) is 24.3 Å². The lowest BCUT2D eigenvalue weighted by Gasteiger charge is -2.29. The number of benzene rings is 1. The first kappa shape index (κ1) is 15.5. The minimum atomic E-state index is 0.0966. The number of amides is 2. The molecule has 0 unspecified atom stereocenters. The van der Waals surface area contributed by atoms with Crippen LogP contribution in [0.25, 0.3) is 0 Å². The fourth-order valence-electron chi connectivity index (χ4n) is 2.13. The van der Waals surface area contributed by atoms with Crippen molar-refractivity contribution >= 4 is 6.03 Å². The molecule has 0 bridgehead atoms. The van der Waals surface area contributed by atoms with Gasteiger partial charge < -0.3 is 15.5 Å². The van der Waals surface area contributed by atoms with Gasteiger partial charge >= 0.3 is 6.03 Å². The van der Waals surface area contributed by atoms with Crippen LogP contribution in [0.2, 0.25) is 0 Å². The van der Waals surface area contributed by atoms with Gasteiger partial charge in [-0.15, -0.1) is 0 Å². The number of nitrogens with zero attached hydrogens (tertiary/aromatic N) is 2. The number of urea groups is 1. The van der Waals surface area contributed by atoms with Crippen molar-refractivity contribution in [1.82, 2.24) is 9.80 Å². The molecule has 0 fully saturated rings. The second-order valence-corrected chi connectivity index (χ2v) is 4.44. The van der Waals surface area contributed by atoms with Crippen molar-refractivity contribution in [3.8, 4) is 0 Å². The van der Waals surface area contributed by atoms with E-state index >= 15 is 0 Å². The largest absolute Gasteiger partial charge is 0.326 e. The van der Waals surface area contributed by atoms with Crippen molar-refractivity contribution in [3.05, 3.63) is 35.4 Å². The Hall–Kier alpha value is -1.55. The molecule has 106 valence electrons. The maximum absolute atomic E-state index is 12.4. The first-order valence-corrected chi connectivity index (χ1v) is 6.98. The highest BCUT2D eigenvalue weighted by Crippen LogP contribution is 2.12. The number of carbonyl (C=O) groups excluding carboxylic acids is 1. The molecule has 0 aliphatic heterocycles. The van der Waals surface area contributed by atoms with Crippen molar-refractivity contribution < 1.29 is 4.79 Å². The second-order valence-electron chi connectivity index (χ2n) is 4.44. The molecule has 2 amide bonds. The number of carbonyl (C=O) groups is 1. The molecule has 0 spiro atoms. The Morgan fingerprint density at radius 2 is 1.53 bits per heavy atom. The molecule has 1 aromatic carbocycles. The van der Waals surface area contributed by atoms with Gasteiger partial charge in [-0.2, -0.15) is 0 Å². The van der Waals surface area contributed by atoms with E-state index < -0.39 is 0 Å². The molecule has 1 aromatic rings. The second kappa shape index (κ2) is 7.79. The molecule has 19 heavy (non-hydrogen) atoms. The third kappa shape index (κ3) is 3.96. The van der Waals surface area contributed by atoms with Crippen LogP contribution in [0.1, 0.15) is 31.9 Å². The van der Waals surface area contributed by atoms with Crippen LogP contribution in [0.15, 0.2) is 24.3 Å². The molecule has 4 nitrogen and oxygen atoms in total. The monoisotopic (exact) mass is 263 g/mol. The van der Waals surface area contributed by atoms with E-state index in [0.717, 1.165) is 24.2 Å². The first-order chi connectivity index (χ1) is 9.17. The Morgan fingerprint density at radius 3 is 2.00 bits per heavy atom. The fourth-order valence-corrected chi connectivity index (χ4v) is 2.13. The minimum absolute atomic E-state index is 0.0966. The van der Waals surface area contributed by atoms with Gasteiger partial charge in [-0.05, 0) is 31.9 Å². The normalized spacial score (nSPS) is 10.3. The quantitative estimate of drug-likeness (QED) is 0.857. The van der Waals surface area contributed by atoms with Gasteiger partial charge in [0.25, 0.3) is 0 Å². The summed E-state index contributed by atoms with van der Waals surface area (Å²) in [5.41, 5.74) is 7.98. The SMILES string of the molecule is CCN(CC)C(=O)N(CC)Cc1ccccc1CN. The summed E-state index contributed by atoms with van der Waals surface area (Å²) in [6.45, 7) is 9.33. The average Bonchev–Trinajstić information content (AvgIpc) is 2.46. The van der Waals surface area contributed by atoms with Gasteiger partial charge in [-0.3, -0.25) is 0 Å². The Morgan fingerprint density at radius 1 is 1.00 bits per heavy atom. The summed E-state index contributed by atoms with van der Waals surface area (Å²) >= 11 is 0. The van der Waals surface area contributed by atoms with E-state index in [1.807, 2.05) is 54.8 Å². The van der Waals surface area contributed by atoms with Gasteiger partial charge in [0.15, 0.2) is 0 Å². The molecular weight excluding hydrogens is 238 g/mol. The summed E-state index contributed by atoms with van der Waals surface area (Å²) in [4.78, 5) is 16.1. The standard InChI is InChI=1S/C15H25N3O/c1-4-17(5-2)15(19)18(6-3)12-14-10-8-7-9-13(14)11-16/h7-10H,4-6,11-12,16H2,1-3H3. The van der Waals surface area contributed by atoms with Crippen LogP contribution < -0.4 is 5.73 Å². The van der Waals surface area contributed by atoms with Crippen LogP contribution in [0.5, 0.6) is 0 Å². The summed E-state index contributed by atoms with van der Waals surface area (Å²) in [6, 6.07) is 8.13. The zero-order valence-electron chi connectivity index (χ0n) is 12.2. The van der Waals surface area contributed by atoms with Gasteiger partial charge in [0.2, 0.25) is 0 Å². The van der Waals surface area contributed by atoms with Crippen LogP contribution in [0.4, 0.5) is 4.79 Å². The topological polar surface area (TPSA) is 49.6 Å². The minimum Gasteiger partial charge on any atom is -0.326 e. The van der Waals surface area contributed by atoms with Gasteiger partial charge in [0.05, 0.1) is 0 Å². The Kier molecular flexibility index (Phi) is 6.36. The molecule has 0 aromatic heterocycles. The molecule has 0 radical (unpaired) electrons. The lowest BCUT2D eigenvalue weighted by molar-refractivity contribution is 0.157. The van der Waals surface area contributed by atoms with Crippen LogP contribution in [-0.2, 0) is 13.1 Å². The molecule has 0 saturated carbocycles. The van der Waals surface area contributed by atoms with Crippen molar-refractivity contribution in [2.45, 2.75) is 33.9 Å². The summed E-state index contributed by atoms with van der Waals surface area (Å²) in [5, 5.41) is 0. The molecule has 0 atom stereocenters. The molecule has 4 heteroatoms. The van der Waals surface area contributed by atoms with Crippen LogP contribution >= 0.6 is 0 Å². The third-order valence-electron chi connectivity index (χ3n) is 3.39. The van der Waals surface area contributed by atoms with Crippen molar-refractivity contribution in [3.63, 3.8) is 0 Å². The summed E-state index contributed by atoms with van der Waals surface area (Å²) in [5.74, 6) is 0. The molecule has 2 N–H and O–H groups in total. The molecule has 0 heterocycles. The smallest absolute Gasteiger partial charge is 0.320 e. The van der Waals surface area contributed by atoms with E-state index in [0.29, 0.717) is 19.6 Å². The van der Waals surface area contributed by atoms with E-state index in [1.165, 1.54) is 0 Å². The summed E-state index contributed by atoms with van der Waals surface area (Å²) < 4.78 is 0. The van der Waals surface area contributed by atoms with E-state index in [1.54, 1.807) is 0 Å². The van der Waals surface area contributed by atoms with Crippen LogP contribution in [-0.4, -0.2) is 35.5 Å². The molecule has 0 saturated heterocycles. The number of nitrogens with two attached hydrogens (primary N) is 1. The van der Waals surface area contributed by atoms with E-state index in [-0.39, 0.29) is 6.03 Å². The van der Waals surface area contributed by atoms with Gasteiger partial charge in [0, 0.05) is 32.7 Å². The molecule has 0 aliphatic carbocycles. The number of hydrogen-bond acceptors (Lipinski definition) is 2. The number of rotatable bonds is 6. The van der Waals surface area contributed by atoms with Crippen LogP contribution in [0.3, 0.4) is 0 Å². The maximum Gasteiger partial charge on any atom is 0.320 e. The average molecular weight is 263 g/mol. The summed E-state index contributed by atoms with van der Waals surface area (Å²) in [7, 11) is 0. The van der Waals surface area contributed by atoms with Gasteiger partial charge in [-0.25, -0.2) is 4.79 Å². The van der Waals surface area contributed by atoms with E-state index in [2.05, 4.69) is 0 Å². The summed E-state index contributed by atoms with van der Waals surface area (Å²) in [6.07, 6.45) is 0. The van der Waals surface area contributed by atoms with Crippen LogP contribution in [0, 0.1) is 0 Å². The Balaban J connectivity index is 2.84. The Bertz CT molecular complexity index is 402. The highest BCUT2D eigenvalue weighted by molar-refractivity contribution is 5.74. The first-order valence-electron chi connectivity index (χ1n) is 6.98. The molecule has 0 aliphatic rings. The molecular formula is C15H25N3O. The van der Waals surface area contributed by atoms with Gasteiger partial charge in [0.1, 0.15) is 0 Å². The van der Waals surface area contributed by atoms with Crippen molar-refractivity contribution in [2.75, 3.05) is 19.6 Å². The Labute approximate surface area is 116 Å². The highest BCUT2D eigenvalue weighted by Gasteiger charge is 2.17. The van der Waals surface area contributed by atoms with Crippen molar-refractivity contribution in [2.24, 2.45) is 5.73 Å². The lowest BCUT2D eigenvalue weighted by atomic mass is 10.1. The van der Waals surface area contributed by atoms with Crippen molar-refractivity contribution in [1.29, 1.82) is 0 Å². The maximum atomic E-state index is 12.4. The lowest BCUT2D eigenvalue weighted by Crippen LogP contribution is -2.42. The van der Waals surface area contributed by atoms with E-state index in [4.69, 9.17) is 5.73 Å².